The number of nitrogens with two attached hydrogens (primary N) is 1. The van der Waals surface area contributed by atoms with Gasteiger partial charge in [-0.25, -0.2) is 4.79 Å². The third-order valence-corrected chi connectivity index (χ3v) is 3.92. The molecule has 0 radical (unpaired) electrons. The molecule has 18 heavy (non-hydrogen) atoms. The second-order valence-electron chi connectivity index (χ2n) is 4.85. The van der Waals surface area contributed by atoms with E-state index in [9.17, 15) is 14.4 Å². The zero-order valence-electron chi connectivity index (χ0n) is 9.71. The molecule has 6 N–H and O–H groups in total. The number of urea groups is 1. The van der Waals surface area contributed by atoms with Gasteiger partial charge in [-0.3, -0.25) is 9.59 Å². The fourth-order valence-corrected chi connectivity index (χ4v) is 3.07. The van der Waals surface area contributed by atoms with Crippen LogP contribution in [-0.4, -0.2) is 46.8 Å². The predicted molar refractivity (Wildman–Crippen MR) is 58.7 cm³/mol. The molecule has 2 saturated carbocycles. The lowest BCUT2D eigenvalue weighted by Crippen LogP contribution is -2.53. The molecule has 2 aliphatic rings. The van der Waals surface area contributed by atoms with Crippen LogP contribution in [0.25, 0.3) is 0 Å². The number of carboxylic acids is 2. The van der Waals surface area contributed by atoms with Gasteiger partial charge in [0.2, 0.25) is 0 Å². The first-order chi connectivity index (χ1) is 8.32. The Labute approximate surface area is 103 Å². The Hall–Kier alpha value is -1.83. The second-order valence-corrected chi connectivity index (χ2v) is 4.85. The van der Waals surface area contributed by atoms with E-state index in [1.807, 2.05) is 0 Å². The molecule has 0 spiro atoms. The lowest BCUT2D eigenvalue weighted by molar-refractivity contribution is -0.145. The van der Waals surface area contributed by atoms with Gasteiger partial charge >= 0.3 is 18.0 Å². The van der Waals surface area contributed by atoms with Crippen molar-refractivity contribution in [1.29, 1.82) is 0 Å². The summed E-state index contributed by atoms with van der Waals surface area (Å²) in [5.41, 5.74) is 4.22. The molecule has 0 aromatic rings. The van der Waals surface area contributed by atoms with Gasteiger partial charge in [0.1, 0.15) is 5.54 Å². The lowest BCUT2D eigenvalue weighted by atomic mass is 9.90. The zero-order valence-corrected chi connectivity index (χ0v) is 9.71. The summed E-state index contributed by atoms with van der Waals surface area (Å²) in [6, 6.07) is -0.985. The predicted octanol–water partition coefficient (Wildman–Crippen LogP) is -1.58. The van der Waals surface area contributed by atoms with E-state index in [1.54, 1.807) is 0 Å². The summed E-state index contributed by atoms with van der Waals surface area (Å²) in [7, 11) is 1.43. The maximum atomic E-state index is 11.2. The number of rotatable bonds is 3. The van der Waals surface area contributed by atoms with Gasteiger partial charge < -0.3 is 26.6 Å². The Balaban J connectivity index is 2.19. The summed E-state index contributed by atoms with van der Waals surface area (Å²) < 4.78 is 0. The Morgan fingerprint density at radius 2 is 1.94 bits per heavy atom. The molecule has 2 rings (SSSR count). The Bertz CT molecular complexity index is 426. The molecule has 8 nitrogen and oxygen atoms in total. The molecule has 0 heterocycles. The van der Waals surface area contributed by atoms with Crippen molar-refractivity contribution >= 4 is 18.0 Å². The molecule has 0 bridgehead atoms. The number of amides is 2. The van der Waals surface area contributed by atoms with Crippen molar-refractivity contribution in [3.05, 3.63) is 0 Å². The topological polar surface area (TPSA) is 142 Å². The lowest BCUT2D eigenvalue weighted by Gasteiger charge is -2.24. The zero-order chi connectivity index (χ0) is 13.7. The molecular formula is C10H15N3O5. The number of aliphatic carboxylic acids is 2. The Morgan fingerprint density at radius 1 is 1.33 bits per heavy atom. The minimum Gasteiger partial charge on any atom is -0.481 e. The monoisotopic (exact) mass is 257 g/mol. The number of carbonyl (C=O) groups excluding carboxylic acids is 1. The van der Waals surface area contributed by atoms with Crippen molar-refractivity contribution in [3.8, 4) is 0 Å². The van der Waals surface area contributed by atoms with E-state index in [0.29, 0.717) is 0 Å². The van der Waals surface area contributed by atoms with Crippen LogP contribution in [0.5, 0.6) is 0 Å². The molecular weight excluding hydrogens is 242 g/mol. The first kappa shape index (κ1) is 12.6. The second kappa shape index (κ2) is 3.84. The molecule has 2 amide bonds. The number of carboxylic acid groups (broad SMARTS) is 2. The van der Waals surface area contributed by atoms with Crippen molar-refractivity contribution in [3.63, 3.8) is 0 Å². The van der Waals surface area contributed by atoms with Crippen LogP contribution in [0.3, 0.4) is 0 Å². The van der Waals surface area contributed by atoms with Gasteiger partial charge in [0, 0.05) is 19.0 Å². The molecule has 0 aliphatic heterocycles. The minimum absolute atomic E-state index is 0.0505. The van der Waals surface area contributed by atoms with E-state index in [1.165, 1.54) is 7.05 Å². The first-order valence-electron chi connectivity index (χ1n) is 5.56. The molecule has 8 heteroatoms. The van der Waals surface area contributed by atoms with Gasteiger partial charge in [-0.1, -0.05) is 0 Å². The van der Waals surface area contributed by atoms with Crippen LogP contribution >= 0.6 is 0 Å². The van der Waals surface area contributed by atoms with Crippen molar-refractivity contribution < 1.29 is 24.6 Å². The average Bonchev–Trinajstić information content (AvgIpc) is 2.97. The highest BCUT2D eigenvalue weighted by Crippen LogP contribution is 2.61. The normalized spacial score (nSPS) is 40.8. The maximum absolute atomic E-state index is 11.2. The van der Waals surface area contributed by atoms with Gasteiger partial charge in [-0.2, -0.15) is 0 Å². The molecule has 5 atom stereocenters. The third-order valence-electron chi connectivity index (χ3n) is 3.92. The van der Waals surface area contributed by atoms with Crippen LogP contribution in [0.15, 0.2) is 0 Å². The summed E-state index contributed by atoms with van der Waals surface area (Å²) in [6.45, 7) is 0. The van der Waals surface area contributed by atoms with Gasteiger partial charge in [0.05, 0.1) is 5.92 Å². The van der Waals surface area contributed by atoms with Crippen molar-refractivity contribution in [2.24, 2.45) is 23.5 Å². The van der Waals surface area contributed by atoms with E-state index in [-0.39, 0.29) is 6.42 Å². The van der Waals surface area contributed by atoms with Crippen LogP contribution in [0, 0.1) is 17.8 Å². The number of carbonyl (C=O) groups is 3. The first-order valence-corrected chi connectivity index (χ1v) is 5.56. The largest absolute Gasteiger partial charge is 0.481 e. The molecule has 0 aromatic heterocycles. The van der Waals surface area contributed by atoms with E-state index in [4.69, 9.17) is 15.9 Å². The van der Waals surface area contributed by atoms with Crippen LogP contribution in [-0.2, 0) is 9.59 Å². The molecule has 2 fully saturated rings. The third kappa shape index (κ3) is 1.60. The Kier molecular flexibility index (Phi) is 2.69. The van der Waals surface area contributed by atoms with Crippen LogP contribution in [0.2, 0.25) is 0 Å². The van der Waals surface area contributed by atoms with Crippen LogP contribution in [0.1, 0.15) is 6.42 Å². The van der Waals surface area contributed by atoms with E-state index >= 15 is 0 Å². The van der Waals surface area contributed by atoms with Crippen LogP contribution < -0.4 is 16.4 Å². The summed E-state index contributed by atoms with van der Waals surface area (Å²) in [5, 5.41) is 23.0. The fraction of sp³-hybridized carbons (Fsp3) is 0.700. The highest BCUT2D eigenvalue weighted by atomic mass is 16.4. The molecule has 100 valence electrons. The van der Waals surface area contributed by atoms with Gasteiger partial charge in [0.25, 0.3) is 0 Å². The summed E-state index contributed by atoms with van der Waals surface area (Å²) in [5.74, 6) is -4.09. The van der Waals surface area contributed by atoms with E-state index < -0.39 is 47.3 Å². The number of hydrogen-bond acceptors (Lipinski definition) is 4. The van der Waals surface area contributed by atoms with Gasteiger partial charge in [-0.05, 0) is 12.3 Å². The highest BCUT2D eigenvalue weighted by Gasteiger charge is 2.74. The highest BCUT2D eigenvalue weighted by molar-refractivity contribution is 5.86. The smallest absolute Gasteiger partial charge is 0.324 e. The standard InChI is InChI=1S/C10H15N3O5/c1-12-9(18)13-3-2-10(11,8(16)17)6-4(3)5(6)7(14)15/h3-6H,2,11H2,1H3,(H,14,15)(H,16,17)(H2,12,13,18)/t3-,4+,5+,6+,10+/m1/s1. The quantitative estimate of drug-likeness (QED) is 0.413. The van der Waals surface area contributed by atoms with E-state index in [2.05, 4.69) is 10.6 Å². The van der Waals surface area contributed by atoms with Crippen molar-refractivity contribution in [2.75, 3.05) is 7.05 Å². The number of fused-ring (bicyclic) bond motifs is 1. The number of hydrogen-bond donors (Lipinski definition) is 5. The maximum Gasteiger partial charge on any atom is 0.324 e. The minimum atomic E-state index is -1.57. The van der Waals surface area contributed by atoms with Gasteiger partial charge in [0.15, 0.2) is 0 Å². The fourth-order valence-electron chi connectivity index (χ4n) is 3.07. The van der Waals surface area contributed by atoms with Crippen LogP contribution in [0.4, 0.5) is 4.79 Å². The summed E-state index contributed by atoms with van der Waals surface area (Å²) in [4.78, 5) is 33.4. The van der Waals surface area contributed by atoms with Crippen molar-refractivity contribution in [2.45, 2.75) is 18.0 Å². The summed E-state index contributed by atoms with van der Waals surface area (Å²) in [6.07, 6.45) is 0.0505. The van der Waals surface area contributed by atoms with Crippen molar-refractivity contribution in [1.82, 2.24) is 10.6 Å². The number of nitrogens with one attached hydrogen (secondary N) is 2. The summed E-state index contributed by atoms with van der Waals surface area (Å²) >= 11 is 0. The van der Waals surface area contributed by atoms with Gasteiger partial charge in [-0.15, -0.1) is 0 Å². The Morgan fingerprint density at radius 3 is 2.39 bits per heavy atom. The molecule has 0 unspecified atom stereocenters. The molecule has 0 saturated heterocycles. The SMILES string of the molecule is CNC(=O)N[C@@H]1C[C@@](N)(C(=O)O)[C@@H]2[C@@H](C(=O)O)[C@@H]21. The molecule has 2 aliphatic carbocycles. The average molecular weight is 257 g/mol. The molecule has 0 aromatic carbocycles. The van der Waals surface area contributed by atoms with E-state index in [0.717, 1.165) is 0 Å².